The Morgan fingerprint density at radius 2 is 1.80 bits per heavy atom. The molecule has 0 atom stereocenters. The summed E-state index contributed by atoms with van der Waals surface area (Å²) in [7, 11) is 0. The molecule has 1 N–H and O–H groups in total. The smallest absolute Gasteiger partial charge is 0.382 e. The van der Waals surface area contributed by atoms with Gasteiger partial charge in [-0.05, 0) is 43.9 Å². The number of benzene rings is 1. The molecule has 1 aliphatic carbocycles. The van der Waals surface area contributed by atoms with Crippen molar-refractivity contribution < 1.29 is 17.6 Å². The summed E-state index contributed by atoms with van der Waals surface area (Å²) >= 11 is 0. The van der Waals surface area contributed by atoms with Crippen LogP contribution >= 0.6 is 0 Å². The molecule has 0 amide bonds. The maximum absolute atomic E-state index is 13.2. The molecule has 1 aromatic carbocycles. The zero-order valence-corrected chi connectivity index (χ0v) is 10.7. The molecular weight excluding hydrogens is 272 g/mol. The summed E-state index contributed by atoms with van der Waals surface area (Å²) in [5.41, 5.74) is 0.498. The van der Waals surface area contributed by atoms with Crippen molar-refractivity contribution in [2.75, 3.05) is 5.32 Å². The first-order chi connectivity index (χ1) is 9.40. The first-order valence-corrected chi connectivity index (χ1v) is 6.43. The minimum absolute atomic E-state index is 0.0643. The summed E-state index contributed by atoms with van der Waals surface area (Å²) in [4.78, 5) is 0. The van der Waals surface area contributed by atoms with E-state index in [0.717, 1.165) is 0 Å². The summed E-state index contributed by atoms with van der Waals surface area (Å²) in [6, 6.07) is 5.73. The van der Waals surface area contributed by atoms with Gasteiger partial charge in [-0.1, -0.05) is 0 Å². The average Bonchev–Trinajstić information content (AvgIpc) is 2.40. The Balaban J connectivity index is 1.95. The molecule has 0 radical (unpaired) electrons. The normalized spacial score (nSPS) is 23.1. The van der Waals surface area contributed by atoms with Crippen LogP contribution in [0.2, 0.25) is 0 Å². The molecule has 0 unspecified atom stereocenters. The Hall–Kier alpha value is -1.77. The third kappa shape index (κ3) is 3.41. The first kappa shape index (κ1) is 14.6. The summed E-state index contributed by atoms with van der Waals surface area (Å²) < 4.78 is 50.8. The van der Waals surface area contributed by atoms with Crippen molar-refractivity contribution in [3.05, 3.63) is 29.6 Å². The maximum Gasteiger partial charge on any atom is 0.391 e. The molecule has 108 valence electrons. The Morgan fingerprint density at radius 3 is 2.35 bits per heavy atom. The van der Waals surface area contributed by atoms with E-state index >= 15 is 0 Å². The SMILES string of the molecule is N#Cc1cc(NC2CCC(C(F)(F)F)CC2)ccc1F. The molecule has 1 saturated carbocycles. The first-order valence-electron chi connectivity index (χ1n) is 6.43. The minimum Gasteiger partial charge on any atom is -0.382 e. The maximum atomic E-state index is 13.2. The van der Waals surface area contributed by atoms with Gasteiger partial charge in [0.15, 0.2) is 0 Å². The van der Waals surface area contributed by atoms with Crippen LogP contribution in [0.3, 0.4) is 0 Å². The summed E-state index contributed by atoms with van der Waals surface area (Å²) in [6.45, 7) is 0. The van der Waals surface area contributed by atoms with Crippen LogP contribution < -0.4 is 5.32 Å². The molecule has 0 bridgehead atoms. The van der Waals surface area contributed by atoms with E-state index in [4.69, 9.17) is 5.26 Å². The van der Waals surface area contributed by atoms with Crippen LogP contribution in [0.25, 0.3) is 0 Å². The molecule has 0 aliphatic heterocycles. The van der Waals surface area contributed by atoms with Gasteiger partial charge in [-0.2, -0.15) is 18.4 Å². The Bertz CT molecular complexity index is 511. The number of nitriles is 1. The highest BCUT2D eigenvalue weighted by molar-refractivity contribution is 5.50. The quantitative estimate of drug-likeness (QED) is 0.826. The van der Waals surface area contributed by atoms with Crippen molar-refractivity contribution >= 4 is 5.69 Å². The predicted molar refractivity (Wildman–Crippen MR) is 66.5 cm³/mol. The fourth-order valence-corrected chi connectivity index (χ4v) is 2.50. The highest BCUT2D eigenvalue weighted by Gasteiger charge is 2.41. The lowest BCUT2D eigenvalue weighted by molar-refractivity contribution is -0.182. The van der Waals surface area contributed by atoms with E-state index in [2.05, 4.69) is 5.32 Å². The van der Waals surface area contributed by atoms with Crippen molar-refractivity contribution in [2.45, 2.75) is 37.9 Å². The number of hydrogen-bond donors (Lipinski definition) is 1. The van der Waals surface area contributed by atoms with Gasteiger partial charge in [-0.15, -0.1) is 0 Å². The molecule has 0 saturated heterocycles. The zero-order chi connectivity index (χ0) is 14.8. The summed E-state index contributed by atoms with van der Waals surface area (Å²) in [6.07, 6.45) is -3.07. The van der Waals surface area contributed by atoms with Crippen LogP contribution in [0.5, 0.6) is 0 Å². The van der Waals surface area contributed by atoms with E-state index in [-0.39, 0.29) is 24.4 Å². The van der Waals surface area contributed by atoms with E-state index in [1.165, 1.54) is 18.2 Å². The number of alkyl halides is 3. The summed E-state index contributed by atoms with van der Waals surface area (Å²) in [5, 5.41) is 11.8. The van der Waals surface area contributed by atoms with Crippen LogP contribution in [0.4, 0.5) is 23.2 Å². The van der Waals surface area contributed by atoms with E-state index in [1.807, 2.05) is 0 Å². The number of rotatable bonds is 2. The van der Waals surface area contributed by atoms with Gasteiger partial charge in [-0.3, -0.25) is 0 Å². The van der Waals surface area contributed by atoms with Crippen molar-refractivity contribution in [3.63, 3.8) is 0 Å². The summed E-state index contributed by atoms with van der Waals surface area (Å²) in [5.74, 6) is -1.82. The molecule has 0 aromatic heterocycles. The molecule has 0 heterocycles. The standard InChI is InChI=1S/C14H14F4N2/c15-13-6-5-12(7-9(13)8-19)20-11-3-1-10(2-4-11)14(16,17)18/h5-7,10-11,20H,1-4H2. The molecule has 1 fully saturated rings. The molecule has 6 heteroatoms. The second kappa shape index (κ2) is 5.70. The van der Waals surface area contributed by atoms with Crippen LogP contribution in [0, 0.1) is 23.1 Å². The number of anilines is 1. The lowest BCUT2D eigenvalue weighted by atomic mass is 9.85. The Morgan fingerprint density at radius 1 is 1.15 bits per heavy atom. The highest BCUT2D eigenvalue weighted by Crippen LogP contribution is 2.38. The van der Waals surface area contributed by atoms with Gasteiger partial charge in [0.25, 0.3) is 0 Å². The van der Waals surface area contributed by atoms with Crippen LogP contribution in [-0.4, -0.2) is 12.2 Å². The average molecular weight is 286 g/mol. The Kier molecular flexibility index (Phi) is 4.17. The van der Waals surface area contributed by atoms with Crippen molar-refractivity contribution in [1.29, 1.82) is 5.26 Å². The van der Waals surface area contributed by atoms with Gasteiger partial charge >= 0.3 is 6.18 Å². The van der Waals surface area contributed by atoms with E-state index in [9.17, 15) is 17.6 Å². The monoisotopic (exact) mass is 286 g/mol. The zero-order valence-electron chi connectivity index (χ0n) is 10.7. The van der Waals surface area contributed by atoms with E-state index in [0.29, 0.717) is 18.5 Å². The van der Waals surface area contributed by atoms with Crippen LogP contribution in [0.1, 0.15) is 31.2 Å². The van der Waals surface area contributed by atoms with Crippen LogP contribution in [-0.2, 0) is 0 Å². The van der Waals surface area contributed by atoms with Gasteiger partial charge in [-0.25, -0.2) is 4.39 Å². The molecule has 0 spiro atoms. The molecule has 1 aromatic rings. The molecule has 2 nitrogen and oxygen atoms in total. The van der Waals surface area contributed by atoms with Gasteiger partial charge in [0.2, 0.25) is 0 Å². The topological polar surface area (TPSA) is 35.8 Å². The molecular formula is C14H14F4N2. The fraction of sp³-hybridized carbons (Fsp3) is 0.500. The van der Waals surface area contributed by atoms with E-state index in [1.54, 1.807) is 6.07 Å². The fourth-order valence-electron chi connectivity index (χ4n) is 2.50. The van der Waals surface area contributed by atoms with Gasteiger partial charge < -0.3 is 5.32 Å². The van der Waals surface area contributed by atoms with Gasteiger partial charge in [0, 0.05) is 11.7 Å². The Labute approximate surface area is 114 Å². The third-order valence-electron chi connectivity index (χ3n) is 3.65. The lowest BCUT2D eigenvalue weighted by Gasteiger charge is -2.30. The van der Waals surface area contributed by atoms with Crippen molar-refractivity contribution in [3.8, 4) is 6.07 Å². The van der Waals surface area contributed by atoms with Gasteiger partial charge in [0.1, 0.15) is 11.9 Å². The third-order valence-corrected chi connectivity index (χ3v) is 3.65. The van der Waals surface area contributed by atoms with E-state index < -0.39 is 17.9 Å². The van der Waals surface area contributed by atoms with Gasteiger partial charge in [0.05, 0.1) is 11.5 Å². The largest absolute Gasteiger partial charge is 0.391 e. The lowest BCUT2D eigenvalue weighted by Crippen LogP contribution is -2.32. The molecule has 20 heavy (non-hydrogen) atoms. The van der Waals surface area contributed by atoms with Crippen molar-refractivity contribution in [2.24, 2.45) is 5.92 Å². The molecule has 1 aliphatic rings. The second-order valence-electron chi connectivity index (χ2n) is 5.04. The minimum atomic E-state index is -4.12. The second-order valence-corrected chi connectivity index (χ2v) is 5.04. The highest BCUT2D eigenvalue weighted by atomic mass is 19.4. The predicted octanol–water partition coefficient (Wildman–Crippen LogP) is 4.23. The number of halogens is 4. The van der Waals surface area contributed by atoms with Crippen LogP contribution in [0.15, 0.2) is 18.2 Å². The number of hydrogen-bond acceptors (Lipinski definition) is 2. The van der Waals surface area contributed by atoms with Crippen molar-refractivity contribution in [1.82, 2.24) is 0 Å². The number of nitrogens with zero attached hydrogens (tertiary/aromatic N) is 1. The molecule has 2 rings (SSSR count). The number of nitrogens with one attached hydrogen (secondary N) is 1.